The Labute approximate surface area is 121 Å². The average molecular weight is 295 g/mol. The zero-order valence-electron chi connectivity index (χ0n) is 10.3. The third-order valence-corrected chi connectivity index (χ3v) is 5.09. The molecule has 1 aliphatic rings. The van der Waals surface area contributed by atoms with E-state index in [0.717, 1.165) is 12.8 Å². The summed E-state index contributed by atoms with van der Waals surface area (Å²) in [5, 5.41) is 11.3. The molecule has 0 radical (unpaired) electrons. The summed E-state index contributed by atoms with van der Waals surface area (Å²) in [5.41, 5.74) is 8.17. The zero-order valence-corrected chi connectivity index (χ0v) is 11.9. The lowest BCUT2D eigenvalue weighted by Crippen LogP contribution is -2.37. The third kappa shape index (κ3) is 2.19. The number of fused-ring (bicyclic) bond motifs is 1. The smallest absolute Gasteiger partial charge is 0.123 e. The Morgan fingerprint density at radius 1 is 1.37 bits per heavy atom. The Hall–Kier alpha value is -0.940. The second-order valence-electron chi connectivity index (χ2n) is 5.09. The van der Waals surface area contributed by atoms with Gasteiger partial charge in [0.15, 0.2) is 0 Å². The minimum atomic E-state index is -0.664. The molecule has 1 atom stereocenters. The summed E-state index contributed by atoms with van der Waals surface area (Å²) in [5.74, 6) is 0. The van der Waals surface area contributed by atoms with Crippen LogP contribution in [0.4, 0.5) is 0 Å². The van der Waals surface area contributed by atoms with E-state index in [1.165, 1.54) is 22.5 Å². The van der Waals surface area contributed by atoms with E-state index in [1.54, 1.807) is 6.20 Å². The lowest BCUT2D eigenvalue weighted by atomic mass is 9.79. The van der Waals surface area contributed by atoms with Gasteiger partial charge in [0.2, 0.25) is 0 Å². The standard InChI is InChI=1S/C14H15ClN2OS/c15-11-7-17-13(19-11)12(18)14(8-16)5-9-3-1-2-4-10(9)6-14/h1-4,7,12,18H,5-6,8,16H2. The van der Waals surface area contributed by atoms with Crippen molar-refractivity contribution in [3.63, 3.8) is 0 Å². The van der Waals surface area contributed by atoms with E-state index < -0.39 is 6.10 Å². The van der Waals surface area contributed by atoms with Crippen LogP contribution in [0.3, 0.4) is 0 Å². The van der Waals surface area contributed by atoms with Gasteiger partial charge in [-0.05, 0) is 24.0 Å². The number of nitrogens with two attached hydrogens (primary N) is 1. The van der Waals surface area contributed by atoms with Crippen molar-refractivity contribution in [3.05, 3.63) is 50.9 Å². The van der Waals surface area contributed by atoms with E-state index in [4.69, 9.17) is 17.3 Å². The summed E-state index contributed by atoms with van der Waals surface area (Å²) >= 11 is 7.23. The Morgan fingerprint density at radius 3 is 2.47 bits per heavy atom. The fourth-order valence-electron chi connectivity index (χ4n) is 2.83. The molecular weight excluding hydrogens is 280 g/mol. The van der Waals surface area contributed by atoms with Crippen LogP contribution in [0.2, 0.25) is 4.34 Å². The van der Waals surface area contributed by atoms with Crippen LogP contribution in [-0.2, 0) is 12.8 Å². The van der Waals surface area contributed by atoms with Crippen LogP contribution >= 0.6 is 22.9 Å². The highest BCUT2D eigenvalue weighted by Crippen LogP contribution is 2.46. The highest BCUT2D eigenvalue weighted by molar-refractivity contribution is 7.15. The maximum absolute atomic E-state index is 10.7. The van der Waals surface area contributed by atoms with Crippen LogP contribution in [0.1, 0.15) is 22.2 Å². The van der Waals surface area contributed by atoms with Crippen LogP contribution in [0.5, 0.6) is 0 Å². The Bertz CT molecular complexity index is 574. The van der Waals surface area contributed by atoms with Gasteiger partial charge in [-0.1, -0.05) is 35.9 Å². The number of aromatic nitrogens is 1. The first kappa shape index (κ1) is 13.1. The summed E-state index contributed by atoms with van der Waals surface area (Å²) < 4.78 is 0.594. The van der Waals surface area contributed by atoms with Crippen molar-refractivity contribution in [3.8, 4) is 0 Å². The van der Waals surface area contributed by atoms with Gasteiger partial charge >= 0.3 is 0 Å². The van der Waals surface area contributed by atoms with Gasteiger partial charge < -0.3 is 10.8 Å². The molecule has 0 saturated heterocycles. The van der Waals surface area contributed by atoms with Gasteiger partial charge in [0.25, 0.3) is 0 Å². The molecule has 1 aromatic carbocycles. The quantitative estimate of drug-likeness (QED) is 0.915. The maximum atomic E-state index is 10.7. The average Bonchev–Trinajstić information content (AvgIpc) is 3.01. The van der Waals surface area contributed by atoms with Crippen molar-refractivity contribution in [1.82, 2.24) is 4.98 Å². The van der Waals surface area contributed by atoms with Gasteiger partial charge in [-0.2, -0.15) is 0 Å². The number of benzene rings is 1. The minimum absolute atomic E-state index is 0.356. The predicted molar refractivity (Wildman–Crippen MR) is 77.4 cm³/mol. The Balaban J connectivity index is 1.94. The third-order valence-electron chi connectivity index (χ3n) is 3.92. The number of aliphatic hydroxyl groups is 1. The van der Waals surface area contributed by atoms with Crippen LogP contribution in [0, 0.1) is 5.41 Å². The molecule has 0 aliphatic heterocycles. The number of nitrogens with zero attached hydrogens (tertiary/aromatic N) is 1. The second-order valence-corrected chi connectivity index (χ2v) is 6.79. The summed E-state index contributed by atoms with van der Waals surface area (Å²) in [7, 11) is 0. The number of hydrogen-bond donors (Lipinski definition) is 2. The Morgan fingerprint density at radius 2 is 2.00 bits per heavy atom. The number of halogens is 1. The predicted octanol–water partition coefficient (Wildman–Crippen LogP) is 2.57. The summed E-state index contributed by atoms with van der Waals surface area (Å²) in [6, 6.07) is 8.26. The fraction of sp³-hybridized carbons (Fsp3) is 0.357. The molecule has 1 unspecified atom stereocenters. The molecule has 1 heterocycles. The molecule has 19 heavy (non-hydrogen) atoms. The maximum Gasteiger partial charge on any atom is 0.123 e. The molecule has 1 aliphatic carbocycles. The van der Waals surface area contributed by atoms with E-state index in [9.17, 15) is 5.11 Å². The van der Waals surface area contributed by atoms with Gasteiger partial charge in [0, 0.05) is 12.0 Å². The first-order chi connectivity index (χ1) is 9.14. The normalized spacial score (nSPS) is 18.3. The van der Waals surface area contributed by atoms with Gasteiger partial charge in [-0.15, -0.1) is 11.3 Å². The largest absolute Gasteiger partial charge is 0.385 e. The highest BCUT2D eigenvalue weighted by Gasteiger charge is 2.43. The van der Waals surface area contributed by atoms with Gasteiger partial charge in [-0.25, -0.2) is 4.98 Å². The molecule has 0 bridgehead atoms. The molecule has 0 spiro atoms. The molecule has 1 aromatic heterocycles. The molecule has 0 saturated carbocycles. The molecular formula is C14H15ClN2OS. The zero-order chi connectivity index (χ0) is 13.5. The minimum Gasteiger partial charge on any atom is -0.385 e. The molecule has 3 nitrogen and oxygen atoms in total. The fourth-order valence-corrected chi connectivity index (χ4v) is 3.89. The van der Waals surface area contributed by atoms with Crippen LogP contribution in [-0.4, -0.2) is 16.6 Å². The topological polar surface area (TPSA) is 59.1 Å². The van der Waals surface area contributed by atoms with E-state index in [1.807, 2.05) is 12.1 Å². The first-order valence-corrected chi connectivity index (χ1v) is 7.40. The van der Waals surface area contributed by atoms with E-state index in [-0.39, 0.29) is 5.41 Å². The van der Waals surface area contributed by atoms with Crippen molar-refractivity contribution in [1.29, 1.82) is 0 Å². The summed E-state index contributed by atoms with van der Waals surface area (Å²) in [6.45, 7) is 0.431. The van der Waals surface area contributed by atoms with Crippen LogP contribution in [0.25, 0.3) is 0 Å². The van der Waals surface area contributed by atoms with Crippen molar-refractivity contribution in [2.45, 2.75) is 18.9 Å². The second kappa shape index (κ2) is 4.87. The van der Waals surface area contributed by atoms with Gasteiger partial charge in [0.1, 0.15) is 15.4 Å². The SMILES string of the molecule is NCC1(C(O)c2ncc(Cl)s2)Cc2ccccc2C1. The van der Waals surface area contributed by atoms with Gasteiger partial charge in [-0.3, -0.25) is 0 Å². The Kier molecular flexibility index (Phi) is 3.35. The number of hydrogen-bond acceptors (Lipinski definition) is 4. The number of thiazole rings is 1. The monoisotopic (exact) mass is 294 g/mol. The van der Waals surface area contributed by atoms with Crippen molar-refractivity contribution < 1.29 is 5.11 Å². The molecule has 3 rings (SSSR count). The molecule has 100 valence electrons. The van der Waals surface area contributed by atoms with E-state index >= 15 is 0 Å². The van der Waals surface area contributed by atoms with Crippen molar-refractivity contribution in [2.24, 2.45) is 11.1 Å². The molecule has 2 aromatic rings. The number of rotatable bonds is 3. The number of aliphatic hydroxyl groups excluding tert-OH is 1. The molecule has 0 amide bonds. The summed E-state index contributed by atoms with van der Waals surface area (Å²) in [6.07, 6.45) is 2.50. The van der Waals surface area contributed by atoms with E-state index in [2.05, 4.69) is 17.1 Å². The van der Waals surface area contributed by atoms with Crippen LogP contribution < -0.4 is 5.73 Å². The molecule has 0 fully saturated rings. The van der Waals surface area contributed by atoms with E-state index in [0.29, 0.717) is 15.9 Å². The lowest BCUT2D eigenvalue weighted by Gasteiger charge is -2.31. The first-order valence-electron chi connectivity index (χ1n) is 6.21. The molecule has 5 heteroatoms. The highest BCUT2D eigenvalue weighted by atomic mass is 35.5. The lowest BCUT2D eigenvalue weighted by molar-refractivity contribution is 0.0356. The molecule has 3 N–H and O–H groups in total. The van der Waals surface area contributed by atoms with Gasteiger partial charge in [0.05, 0.1) is 6.20 Å². The van der Waals surface area contributed by atoms with Crippen LogP contribution in [0.15, 0.2) is 30.5 Å². The summed E-state index contributed by atoms with van der Waals surface area (Å²) in [4.78, 5) is 4.20. The van der Waals surface area contributed by atoms with Crippen molar-refractivity contribution in [2.75, 3.05) is 6.54 Å². The van der Waals surface area contributed by atoms with Crippen molar-refractivity contribution >= 4 is 22.9 Å².